The Balaban J connectivity index is 2.01. The Morgan fingerprint density at radius 1 is 1.36 bits per heavy atom. The molecule has 1 fully saturated rings. The maximum Gasteiger partial charge on any atom is 0.256 e. The normalized spacial score (nSPS) is 18.8. The van der Waals surface area contributed by atoms with Crippen LogP contribution in [0, 0.1) is 6.92 Å². The fourth-order valence-corrected chi connectivity index (χ4v) is 3.59. The van der Waals surface area contributed by atoms with Crippen LogP contribution in [0.1, 0.15) is 50.7 Å². The zero-order valence-corrected chi connectivity index (χ0v) is 17.3. The highest BCUT2D eigenvalue weighted by Crippen LogP contribution is 2.31. The van der Waals surface area contributed by atoms with E-state index >= 15 is 0 Å². The lowest BCUT2D eigenvalue weighted by Crippen LogP contribution is -2.48. The molecule has 2 N–H and O–H groups in total. The monoisotopic (exact) mass is 384 g/mol. The molecule has 7 heteroatoms. The number of nitrogens with one attached hydrogen (secondary N) is 2. The van der Waals surface area contributed by atoms with Crippen LogP contribution >= 0.6 is 0 Å². The number of aromatic nitrogens is 1. The number of ether oxygens (including phenoxy) is 1. The molecule has 2 amide bonds. The lowest BCUT2D eigenvalue weighted by Gasteiger charge is -2.31. The van der Waals surface area contributed by atoms with Crippen LogP contribution in [-0.2, 0) is 4.79 Å². The average molecular weight is 384 g/mol. The number of carbonyl (C=O) groups excluding carboxylic acids is 2. The first-order valence-electron chi connectivity index (χ1n) is 9.54. The average Bonchev–Trinajstić information content (AvgIpc) is 2.79. The van der Waals surface area contributed by atoms with E-state index < -0.39 is 5.66 Å². The molecule has 0 spiro atoms. The van der Waals surface area contributed by atoms with Gasteiger partial charge in [-0.25, -0.2) is 4.98 Å². The van der Waals surface area contributed by atoms with Gasteiger partial charge in [-0.2, -0.15) is 0 Å². The van der Waals surface area contributed by atoms with Gasteiger partial charge in [-0.3, -0.25) is 19.8 Å². The summed E-state index contributed by atoms with van der Waals surface area (Å²) in [6.07, 6.45) is 0. The molecule has 1 saturated heterocycles. The summed E-state index contributed by atoms with van der Waals surface area (Å²) in [4.78, 5) is 31.7. The van der Waals surface area contributed by atoms with E-state index in [4.69, 9.17) is 4.74 Å². The minimum Gasteiger partial charge on any atom is -0.470 e. The van der Waals surface area contributed by atoms with Crippen molar-refractivity contribution in [3.8, 4) is 5.75 Å². The molecule has 2 heterocycles. The van der Waals surface area contributed by atoms with Gasteiger partial charge in [-0.1, -0.05) is 18.2 Å². The van der Waals surface area contributed by atoms with E-state index in [0.29, 0.717) is 17.0 Å². The lowest BCUT2D eigenvalue weighted by molar-refractivity contribution is -0.134. The molecule has 28 heavy (non-hydrogen) atoms. The lowest BCUT2D eigenvalue weighted by atomic mass is 10.1. The summed E-state index contributed by atoms with van der Waals surface area (Å²) in [6, 6.07) is 7.19. The number of pyridine rings is 1. The third-order valence-electron chi connectivity index (χ3n) is 4.88. The second kappa shape index (κ2) is 7.39. The van der Waals surface area contributed by atoms with Gasteiger partial charge in [-0.05, 0) is 47.6 Å². The molecule has 150 valence electrons. The van der Waals surface area contributed by atoms with Gasteiger partial charge in [-0.15, -0.1) is 0 Å². The van der Waals surface area contributed by atoms with Crippen molar-refractivity contribution < 1.29 is 14.3 Å². The van der Waals surface area contributed by atoms with Crippen molar-refractivity contribution in [3.05, 3.63) is 35.5 Å². The number of aryl methyl sites for hydroxylation is 1. The van der Waals surface area contributed by atoms with Crippen molar-refractivity contribution in [1.82, 2.24) is 20.5 Å². The fraction of sp³-hybridized carbons (Fsp3) is 0.476. The Kier molecular flexibility index (Phi) is 5.30. The van der Waals surface area contributed by atoms with Crippen molar-refractivity contribution in [3.63, 3.8) is 0 Å². The molecular formula is C21H28N4O3. The molecule has 0 aliphatic carbocycles. The third kappa shape index (κ3) is 3.67. The molecule has 2 aromatic rings. The van der Waals surface area contributed by atoms with Crippen molar-refractivity contribution in [1.29, 1.82) is 0 Å². The summed E-state index contributed by atoms with van der Waals surface area (Å²) in [5.41, 5.74) is 1.25. The van der Waals surface area contributed by atoms with Crippen LogP contribution in [-0.4, -0.2) is 46.2 Å². The second-order valence-corrected chi connectivity index (χ2v) is 8.01. The fourth-order valence-electron chi connectivity index (χ4n) is 3.59. The van der Waals surface area contributed by atoms with Crippen LogP contribution in [0.5, 0.6) is 5.75 Å². The highest BCUT2D eigenvalue weighted by Gasteiger charge is 2.42. The highest BCUT2D eigenvalue weighted by molar-refractivity contribution is 6.09. The van der Waals surface area contributed by atoms with Crippen LogP contribution < -0.4 is 15.4 Å². The standard InChI is InChI=1S/C21H28N4O3/c1-12(2)22-19(26)17-15-9-7-8-10-16(15)23-13(3)18(17)28-11-25-20(27)14(4)24-21(25,5)6/h7-10,12,14,24H,11H2,1-6H3,(H,22,26). The van der Waals surface area contributed by atoms with E-state index in [1.165, 1.54) is 0 Å². The Hall–Kier alpha value is -2.67. The number of hydrogen-bond donors (Lipinski definition) is 2. The van der Waals surface area contributed by atoms with Crippen molar-refractivity contribution in [2.45, 2.75) is 59.3 Å². The van der Waals surface area contributed by atoms with E-state index in [1.807, 2.05) is 65.8 Å². The summed E-state index contributed by atoms with van der Waals surface area (Å²) in [5, 5.41) is 6.90. The second-order valence-electron chi connectivity index (χ2n) is 8.01. The zero-order valence-electron chi connectivity index (χ0n) is 17.3. The van der Waals surface area contributed by atoms with Crippen molar-refractivity contribution in [2.75, 3.05) is 6.73 Å². The maximum atomic E-state index is 13.0. The quantitative estimate of drug-likeness (QED) is 0.828. The summed E-state index contributed by atoms with van der Waals surface area (Å²) < 4.78 is 6.06. The van der Waals surface area contributed by atoms with Gasteiger partial charge in [0, 0.05) is 11.4 Å². The molecule has 1 aromatic heterocycles. The predicted octanol–water partition coefficient (Wildman–Crippen LogP) is 2.57. The van der Waals surface area contributed by atoms with Gasteiger partial charge in [0.15, 0.2) is 12.5 Å². The van der Waals surface area contributed by atoms with Gasteiger partial charge in [0.1, 0.15) is 0 Å². The molecule has 0 saturated carbocycles. The summed E-state index contributed by atoms with van der Waals surface area (Å²) in [5.74, 6) is 0.148. The van der Waals surface area contributed by atoms with E-state index in [0.717, 1.165) is 10.9 Å². The first kappa shape index (κ1) is 20.1. The molecule has 0 radical (unpaired) electrons. The molecule has 7 nitrogen and oxygen atoms in total. The molecule has 1 aliphatic rings. The van der Waals surface area contributed by atoms with Crippen molar-refractivity contribution in [2.24, 2.45) is 0 Å². The number of para-hydroxylation sites is 1. The van der Waals surface area contributed by atoms with Crippen LogP contribution in [0.4, 0.5) is 0 Å². The predicted molar refractivity (Wildman–Crippen MR) is 108 cm³/mol. The van der Waals surface area contributed by atoms with Gasteiger partial charge >= 0.3 is 0 Å². The number of benzene rings is 1. The van der Waals surface area contributed by atoms with E-state index in [-0.39, 0.29) is 30.6 Å². The van der Waals surface area contributed by atoms with E-state index in [1.54, 1.807) is 4.90 Å². The molecule has 1 atom stereocenters. The first-order valence-corrected chi connectivity index (χ1v) is 9.54. The minimum atomic E-state index is -0.533. The van der Waals surface area contributed by atoms with Crippen LogP contribution in [0.15, 0.2) is 24.3 Å². The van der Waals surface area contributed by atoms with Gasteiger partial charge in [0.2, 0.25) is 5.91 Å². The van der Waals surface area contributed by atoms with E-state index in [2.05, 4.69) is 15.6 Å². The summed E-state index contributed by atoms with van der Waals surface area (Å²) in [6.45, 7) is 11.3. The topological polar surface area (TPSA) is 83.6 Å². The Labute approximate surface area is 165 Å². The molecular weight excluding hydrogens is 356 g/mol. The smallest absolute Gasteiger partial charge is 0.256 e. The molecule has 1 aliphatic heterocycles. The van der Waals surface area contributed by atoms with Crippen LogP contribution in [0.3, 0.4) is 0 Å². The number of amides is 2. The molecule has 0 bridgehead atoms. The van der Waals surface area contributed by atoms with Crippen LogP contribution in [0.25, 0.3) is 10.9 Å². The third-order valence-corrected chi connectivity index (χ3v) is 4.88. The first-order chi connectivity index (χ1) is 13.1. The van der Waals surface area contributed by atoms with Crippen molar-refractivity contribution >= 4 is 22.7 Å². The molecule has 1 aromatic carbocycles. The van der Waals surface area contributed by atoms with E-state index in [9.17, 15) is 9.59 Å². The van der Waals surface area contributed by atoms with Gasteiger partial charge in [0.25, 0.3) is 5.91 Å². The Bertz CT molecular complexity index is 923. The Morgan fingerprint density at radius 2 is 2.04 bits per heavy atom. The maximum absolute atomic E-state index is 13.0. The van der Waals surface area contributed by atoms with Gasteiger partial charge < -0.3 is 10.1 Å². The summed E-state index contributed by atoms with van der Waals surface area (Å²) in [7, 11) is 0. The van der Waals surface area contributed by atoms with Crippen LogP contribution in [0.2, 0.25) is 0 Å². The largest absolute Gasteiger partial charge is 0.470 e. The Morgan fingerprint density at radius 3 is 2.64 bits per heavy atom. The van der Waals surface area contributed by atoms with Gasteiger partial charge in [0.05, 0.1) is 28.5 Å². The number of nitrogens with zero attached hydrogens (tertiary/aromatic N) is 2. The SMILES string of the molecule is Cc1nc2ccccc2c(C(=O)NC(C)C)c1OCN1C(=O)C(C)NC1(C)C. The minimum absolute atomic E-state index is 0.0169. The number of hydrogen-bond acceptors (Lipinski definition) is 5. The number of fused-ring (bicyclic) bond motifs is 1. The number of carbonyl (C=O) groups is 2. The zero-order chi connectivity index (χ0) is 20.6. The molecule has 1 unspecified atom stereocenters. The number of rotatable bonds is 5. The molecule has 3 rings (SSSR count). The highest BCUT2D eigenvalue weighted by atomic mass is 16.5. The summed E-state index contributed by atoms with van der Waals surface area (Å²) >= 11 is 0.